The number of anilines is 2. The Morgan fingerprint density at radius 1 is 1.19 bits per heavy atom. The number of guanidine groups is 1. The van der Waals surface area contributed by atoms with Crippen LogP contribution in [0.5, 0.6) is 5.75 Å². The molecule has 2 aromatic carbocycles. The van der Waals surface area contributed by atoms with Crippen molar-refractivity contribution >= 4 is 17.3 Å². The van der Waals surface area contributed by atoms with E-state index in [1.165, 1.54) is 10.6 Å². The molecule has 1 aliphatic rings. The normalized spacial score (nSPS) is 14.6. The molecule has 0 radical (unpaired) electrons. The van der Waals surface area contributed by atoms with Gasteiger partial charge in [-0.2, -0.15) is 10.8 Å². The minimum atomic E-state index is -0.214. The molecule has 31 heavy (non-hydrogen) atoms. The molecule has 1 heterocycles. The fourth-order valence-corrected chi connectivity index (χ4v) is 3.30. The Balaban J connectivity index is 1.59. The Hall–Kier alpha value is -3.36. The lowest BCUT2D eigenvalue weighted by Gasteiger charge is -2.32. The monoisotopic (exact) mass is 423 g/mol. The summed E-state index contributed by atoms with van der Waals surface area (Å²) < 4.78 is 5.54. The lowest BCUT2D eigenvalue weighted by atomic mass is 10.1. The predicted molar refractivity (Wildman–Crippen MR) is 121 cm³/mol. The second kappa shape index (κ2) is 10.6. The molecule has 1 fully saturated rings. The SMILES string of the molecule is COc1cc(CN2CCN(C)CC2)ccc1NNNN(C(=N)N)c1ccc(C#N)cc1. The number of hydrogen-bond acceptors (Lipinski definition) is 8. The summed E-state index contributed by atoms with van der Waals surface area (Å²) >= 11 is 0. The first-order valence-electron chi connectivity index (χ1n) is 9.99. The van der Waals surface area contributed by atoms with Crippen molar-refractivity contribution in [3.8, 4) is 11.8 Å². The second-order valence-electron chi connectivity index (χ2n) is 7.36. The molecular formula is C21H29N9O. The highest BCUT2D eigenvalue weighted by molar-refractivity contribution is 5.91. The van der Waals surface area contributed by atoms with Crippen LogP contribution >= 0.6 is 0 Å². The van der Waals surface area contributed by atoms with Gasteiger partial charge in [-0.1, -0.05) is 6.07 Å². The van der Waals surface area contributed by atoms with E-state index >= 15 is 0 Å². The average molecular weight is 424 g/mol. The van der Waals surface area contributed by atoms with Crippen molar-refractivity contribution < 1.29 is 4.74 Å². The Labute approximate surface area is 182 Å². The minimum Gasteiger partial charge on any atom is -0.495 e. The van der Waals surface area contributed by atoms with Crippen LogP contribution < -0.4 is 32.0 Å². The first-order chi connectivity index (χ1) is 15.0. The number of nitrogens with two attached hydrogens (primary N) is 1. The molecule has 0 unspecified atom stereocenters. The quantitative estimate of drug-likeness (QED) is 0.240. The van der Waals surface area contributed by atoms with Gasteiger partial charge in [0, 0.05) is 32.7 Å². The molecule has 6 N–H and O–H groups in total. The lowest BCUT2D eigenvalue weighted by molar-refractivity contribution is 0.148. The molecule has 2 aromatic rings. The zero-order valence-electron chi connectivity index (χ0n) is 17.9. The van der Waals surface area contributed by atoms with Crippen molar-refractivity contribution in [2.45, 2.75) is 6.54 Å². The number of benzene rings is 2. The third-order valence-electron chi connectivity index (χ3n) is 5.13. The number of hydrazine groups is 3. The molecule has 164 valence electrons. The number of nitriles is 1. The molecule has 0 amide bonds. The van der Waals surface area contributed by atoms with Crippen LogP contribution in [-0.2, 0) is 6.54 Å². The van der Waals surface area contributed by atoms with E-state index in [0.29, 0.717) is 17.0 Å². The van der Waals surface area contributed by atoms with Gasteiger partial charge < -0.3 is 20.8 Å². The number of hydrogen-bond donors (Lipinski definition) is 5. The lowest BCUT2D eigenvalue weighted by Crippen LogP contribution is -2.54. The van der Waals surface area contributed by atoms with Crippen molar-refractivity contribution in [1.82, 2.24) is 20.9 Å². The molecule has 1 saturated heterocycles. The van der Waals surface area contributed by atoms with Crippen molar-refractivity contribution in [2.24, 2.45) is 5.73 Å². The van der Waals surface area contributed by atoms with E-state index in [2.05, 4.69) is 45.5 Å². The summed E-state index contributed by atoms with van der Waals surface area (Å²) in [5.74, 6) is 0.488. The van der Waals surface area contributed by atoms with Crippen LogP contribution in [0.1, 0.15) is 11.1 Å². The third kappa shape index (κ3) is 6.07. The van der Waals surface area contributed by atoms with E-state index in [0.717, 1.165) is 38.4 Å². The minimum absolute atomic E-state index is 0.214. The topological polar surface area (TPSA) is 129 Å². The van der Waals surface area contributed by atoms with Gasteiger partial charge in [0.25, 0.3) is 0 Å². The molecule has 0 bridgehead atoms. The Kier molecular flexibility index (Phi) is 7.64. The standard InChI is InChI=1S/C21H29N9O/c1-28-9-11-29(12-10-28)15-17-5-8-19(20(13-17)31-2)25-26-27-30(21(23)24)18-6-3-16(14-22)4-7-18/h3-8,13,25-27H,9-12,15H2,1-2H3,(H3,23,24). The molecule has 0 atom stereocenters. The van der Waals surface area contributed by atoms with Crippen LogP contribution in [-0.4, -0.2) is 56.1 Å². The van der Waals surface area contributed by atoms with Gasteiger partial charge in [-0.25, -0.2) is 5.01 Å². The zero-order chi connectivity index (χ0) is 22.2. The van der Waals surface area contributed by atoms with E-state index in [9.17, 15) is 0 Å². The van der Waals surface area contributed by atoms with Crippen LogP contribution in [0.15, 0.2) is 42.5 Å². The number of ether oxygens (including phenoxy) is 1. The van der Waals surface area contributed by atoms with Crippen LogP contribution in [0.4, 0.5) is 11.4 Å². The molecule has 0 aliphatic carbocycles. The second-order valence-corrected chi connectivity index (χ2v) is 7.36. The first kappa shape index (κ1) is 22.3. The third-order valence-corrected chi connectivity index (χ3v) is 5.13. The smallest absolute Gasteiger partial charge is 0.209 e. The maximum Gasteiger partial charge on any atom is 0.209 e. The van der Waals surface area contributed by atoms with Crippen molar-refractivity contribution in [2.75, 3.05) is 50.8 Å². The summed E-state index contributed by atoms with van der Waals surface area (Å²) in [4.78, 5) is 4.77. The maximum absolute atomic E-state index is 8.93. The summed E-state index contributed by atoms with van der Waals surface area (Å²) in [6.45, 7) is 5.16. The molecular weight excluding hydrogens is 394 g/mol. The number of likely N-dealkylation sites (N-methyl/N-ethyl adjacent to an activating group) is 1. The largest absolute Gasteiger partial charge is 0.495 e. The Bertz CT molecular complexity index is 917. The number of piperazine rings is 1. The van der Waals surface area contributed by atoms with Crippen LogP contribution in [0, 0.1) is 16.7 Å². The Morgan fingerprint density at radius 3 is 2.52 bits per heavy atom. The van der Waals surface area contributed by atoms with E-state index in [1.807, 2.05) is 12.1 Å². The van der Waals surface area contributed by atoms with Gasteiger partial charge in [-0.3, -0.25) is 10.3 Å². The van der Waals surface area contributed by atoms with E-state index in [1.54, 1.807) is 31.4 Å². The van der Waals surface area contributed by atoms with Crippen LogP contribution in [0.25, 0.3) is 0 Å². The summed E-state index contributed by atoms with van der Waals surface area (Å²) in [6, 6.07) is 14.8. The average Bonchev–Trinajstić information content (AvgIpc) is 2.78. The first-order valence-corrected chi connectivity index (χ1v) is 9.99. The maximum atomic E-state index is 8.93. The van der Waals surface area contributed by atoms with E-state index in [4.69, 9.17) is 21.1 Å². The van der Waals surface area contributed by atoms with Gasteiger partial charge in [0.1, 0.15) is 5.75 Å². The van der Waals surface area contributed by atoms with Crippen LogP contribution in [0.2, 0.25) is 0 Å². The predicted octanol–water partition coefficient (Wildman–Crippen LogP) is 1.05. The molecule has 0 aromatic heterocycles. The van der Waals surface area contributed by atoms with Gasteiger partial charge in [0.2, 0.25) is 5.96 Å². The summed E-state index contributed by atoms with van der Waals surface area (Å²) in [5.41, 5.74) is 17.4. The fourth-order valence-electron chi connectivity index (χ4n) is 3.30. The number of nitrogens with zero attached hydrogens (tertiary/aromatic N) is 4. The van der Waals surface area contributed by atoms with E-state index < -0.39 is 0 Å². The van der Waals surface area contributed by atoms with Gasteiger partial charge in [0.05, 0.1) is 30.1 Å². The fraction of sp³-hybridized carbons (Fsp3) is 0.333. The number of nitrogens with one attached hydrogen (secondary N) is 4. The van der Waals surface area contributed by atoms with Gasteiger partial charge >= 0.3 is 0 Å². The Morgan fingerprint density at radius 2 is 1.90 bits per heavy atom. The number of rotatable bonds is 8. The van der Waals surface area contributed by atoms with Crippen molar-refractivity contribution in [1.29, 1.82) is 10.7 Å². The summed E-state index contributed by atoms with van der Waals surface area (Å²) in [5, 5.41) is 18.1. The molecule has 3 rings (SSSR count). The molecule has 1 aliphatic heterocycles. The molecule has 0 saturated carbocycles. The van der Waals surface area contributed by atoms with Gasteiger partial charge in [-0.05, 0) is 49.0 Å². The van der Waals surface area contributed by atoms with Crippen molar-refractivity contribution in [3.63, 3.8) is 0 Å². The highest BCUT2D eigenvalue weighted by atomic mass is 16.5. The van der Waals surface area contributed by atoms with Crippen LogP contribution in [0.3, 0.4) is 0 Å². The van der Waals surface area contributed by atoms with E-state index in [-0.39, 0.29) is 5.96 Å². The zero-order valence-corrected chi connectivity index (χ0v) is 17.9. The molecule has 10 nitrogen and oxygen atoms in total. The highest BCUT2D eigenvalue weighted by Gasteiger charge is 2.15. The number of methoxy groups -OCH3 is 1. The van der Waals surface area contributed by atoms with Gasteiger partial charge in [0.15, 0.2) is 0 Å². The summed E-state index contributed by atoms with van der Waals surface area (Å²) in [6.07, 6.45) is 0. The van der Waals surface area contributed by atoms with Gasteiger partial charge in [-0.15, -0.1) is 5.53 Å². The molecule has 0 spiro atoms. The molecule has 10 heteroatoms. The highest BCUT2D eigenvalue weighted by Crippen LogP contribution is 2.25. The van der Waals surface area contributed by atoms with Crippen molar-refractivity contribution in [3.05, 3.63) is 53.6 Å². The summed E-state index contributed by atoms with van der Waals surface area (Å²) in [7, 11) is 3.78.